The van der Waals surface area contributed by atoms with Gasteiger partial charge in [-0.2, -0.15) is 5.10 Å². The summed E-state index contributed by atoms with van der Waals surface area (Å²) in [6.45, 7) is 4.46. The molecule has 18 heteroatoms. The van der Waals surface area contributed by atoms with Crippen molar-refractivity contribution in [2.75, 3.05) is 49.5 Å². The third-order valence-corrected chi connectivity index (χ3v) is 15.1. The number of thiazole rings is 1. The number of imidazole rings is 1. The molecule has 1 atom stereocenters. The van der Waals surface area contributed by atoms with E-state index < -0.39 is 29.7 Å². The SMILES string of the molecule is Cn1nc(N2CCC(=O)NC2=O)c2ccc(C3CCN(C(=O)CN4CCC(c5ccc(-c6cc(F)c7c(c6)C(=O)N(C(C(=O)Nc6nccs6)c6ncn8c6CCC8)C7)cc5)CC4)CC3)cc21. The minimum Gasteiger partial charge on any atom is -0.342 e. The second-order valence-corrected chi connectivity index (χ2v) is 19.2. The molecule has 67 heavy (non-hydrogen) atoms. The molecule has 3 saturated heterocycles. The number of halogens is 1. The first-order chi connectivity index (χ1) is 32.6. The van der Waals surface area contributed by atoms with Crippen molar-refractivity contribution in [1.29, 1.82) is 0 Å². The molecule has 8 heterocycles. The predicted molar refractivity (Wildman–Crippen MR) is 249 cm³/mol. The van der Waals surface area contributed by atoms with Gasteiger partial charge in [0.15, 0.2) is 17.0 Å². The van der Waals surface area contributed by atoms with E-state index in [9.17, 15) is 24.0 Å². The average molecular weight is 924 g/mol. The standard InChI is InChI=1S/C49H50FN11O5S/c1-56-40-25-33(8-9-35(40)45(55-56)60-21-14-41(62)53-49(60)66)32-12-19-58(20-13-32)42(63)27-57-17-10-31(11-18-57)29-4-6-30(7-5-29)34-23-36-37(38(50)24-34)26-61(47(36)65)44(46(64)54-48-51-15-22-67-48)43-39-3-2-16-59(39)28-52-43/h4-9,15,22-25,28,31-32,44H,2-3,10-14,16-21,26-27H2,1H3,(H,51,54,64)(H,53,62,66). The van der Waals surface area contributed by atoms with E-state index in [1.165, 1.54) is 38.3 Å². The number of piperidine rings is 2. The van der Waals surface area contributed by atoms with E-state index in [-0.39, 0.29) is 35.9 Å². The van der Waals surface area contributed by atoms with Crippen LogP contribution >= 0.6 is 11.3 Å². The van der Waals surface area contributed by atoms with Crippen LogP contribution < -0.4 is 15.5 Å². The Labute approximate surface area is 389 Å². The highest BCUT2D eigenvalue weighted by Gasteiger charge is 2.42. The Kier molecular flexibility index (Phi) is 11.2. The number of likely N-dealkylation sites (tertiary alicyclic amines) is 2. The first kappa shape index (κ1) is 42.8. The first-order valence-electron chi connectivity index (χ1n) is 23.1. The lowest BCUT2D eigenvalue weighted by molar-refractivity contribution is -0.133. The van der Waals surface area contributed by atoms with Gasteiger partial charge in [0.1, 0.15) is 5.82 Å². The second kappa shape index (κ2) is 17.5. The van der Waals surface area contributed by atoms with Crippen molar-refractivity contribution in [1.82, 2.24) is 44.3 Å². The number of carbonyl (C=O) groups is 5. The number of fused-ring (bicyclic) bond motifs is 3. The lowest BCUT2D eigenvalue weighted by Gasteiger charge is -2.36. The molecule has 0 saturated carbocycles. The fourth-order valence-electron chi connectivity index (χ4n) is 10.8. The summed E-state index contributed by atoms with van der Waals surface area (Å²) in [7, 11) is 1.86. The third kappa shape index (κ3) is 8.04. The van der Waals surface area contributed by atoms with Crippen LogP contribution in [-0.2, 0) is 40.9 Å². The van der Waals surface area contributed by atoms with Crippen LogP contribution in [0.25, 0.3) is 22.0 Å². The highest BCUT2D eigenvalue weighted by atomic mass is 32.1. The summed E-state index contributed by atoms with van der Waals surface area (Å²) in [5, 5.41) is 12.9. The molecule has 0 bridgehead atoms. The Hall–Kier alpha value is -6.79. The number of hydrogen-bond acceptors (Lipinski definition) is 10. The summed E-state index contributed by atoms with van der Waals surface area (Å²) in [6.07, 6.45) is 8.78. The van der Waals surface area contributed by atoms with Gasteiger partial charge in [-0.25, -0.2) is 19.2 Å². The van der Waals surface area contributed by atoms with E-state index in [1.54, 1.807) is 28.7 Å². The van der Waals surface area contributed by atoms with Crippen molar-refractivity contribution in [3.63, 3.8) is 0 Å². The minimum absolute atomic E-state index is 0.0493. The number of benzene rings is 3. The molecule has 6 amide bonds. The number of amides is 6. The van der Waals surface area contributed by atoms with Gasteiger partial charge in [-0.05, 0) is 110 Å². The van der Waals surface area contributed by atoms with Crippen LogP contribution in [0.4, 0.5) is 20.1 Å². The number of aryl methyl sites for hydroxylation is 2. The molecule has 5 aliphatic heterocycles. The normalized spacial score (nSPS) is 18.7. The second-order valence-electron chi connectivity index (χ2n) is 18.3. The van der Waals surface area contributed by atoms with Gasteiger partial charge < -0.3 is 14.4 Å². The number of urea groups is 1. The van der Waals surface area contributed by atoms with E-state index in [4.69, 9.17) is 0 Å². The van der Waals surface area contributed by atoms with E-state index in [0.717, 1.165) is 80.3 Å². The summed E-state index contributed by atoms with van der Waals surface area (Å²) in [6, 6.07) is 16.1. The molecule has 0 aliphatic carbocycles. The molecule has 3 fully saturated rings. The molecule has 2 N–H and O–H groups in total. The van der Waals surface area contributed by atoms with E-state index in [1.807, 2.05) is 34.7 Å². The molecule has 5 aliphatic rings. The molecule has 3 aromatic carbocycles. The number of carbonyl (C=O) groups excluding carboxylic acids is 5. The Morgan fingerprint density at radius 1 is 0.881 bits per heavy atom. The molecule has 11 rings (SSSR count). The van der Waals surface area contributed by atoms with Crippen molar-refractivity contribution in [2.24, 2.45) is 7.05 Å². The molecule has 0 radical (unpaired) electrons. The van der Waals surface area contributed by atoms with Gasteiger partial charge in [-0.3, -0.25) is 44.3 Å². The molecule has 6 aromatic rings. The predicted octanol–water partition coefficient (Wildman–Crippen LogP) is 6.35. The van der Waals surface area contributed by atoms with Crippen LogP contribution in [0.2, 0.25) is 0 Å². The molecular formula is C49H50FN11O5S. The van der Waals surface area contributed by atoms with Crippen molar-refractivity contribution < 1.29 is 28.4 Å². The molecule has 344 valence electrons. The number of nitrogens with one attached hydrogen (secondary N) is 2. The van der Waals surface area contributed by atoms with Crippen molar-refractivity contribution in [2.45, 2.75) is 75.9 Å². The van der Waals surface area contributed by atoms with Gasteiger partial charge in [0, 0.05) is 73.4 Å². The smallest absolute Gasteiger partial charge is 0.329 e. The van der Waals surface area contributed by atoms with Gasteiger partial charge in [0.25, 0.3) is 11.8 Å². The summed E-state index contributed by atoms with van der Waals surface area (Å²) in [5.74, 6) is -0.274. The van der Waals surface area contributed by atoms with Crippen molar-refractivity contribution >= 4 is 62.8 Å². The summed E-state index contributed by atoms with van der Waals surface area (Å²) < 4.78 is 19.8. The first-order valence-corrected chi connectivity index (χ1v) is 24.0. The fraction of sp³-hybridized carbons (Fsp3) is 0.388. The van der Waals surface area contributed by atoms with Gasteiger partial charge >= 0.3 is 6.03 Å². The van der Waals surface area contributed by atoms with Gasteiger partial charge in [0.05, 0.1) is 30.6 Å². The summed E-state index contributed by atoms with van der Waals surface area (Å²) in [5.41, 5.74) is 6.64. The zero-order chi connectivity index (χ0) is 45.9. The monoisotopic (exact) mass is 923 g/mol. The van der Waals surface area contributed by atoms with Crippen LogP contribution in [0.1, 0.15) is 94.8 Å². The third-order valence-electron chi connectivity index (χ3n) is 14.4. The summed E-state index contributed by atoms with van der Waals surface area (Å²) in [4.78, 5) is 81.8. The number of aromatic nitrogens is 5. The van der Waals surface area contributed by atoms with E-state index in [0.29, 0.717) is 60.2 Å². The molecule has 3 aromatic heterocycles. The molecular weight excluding hydrogens is 874 g/mol. The Bertz CT molecular complexity index is 2930. The largest absolute Gasteiger partial charge is 0.342 e. The van der Waals surface area contributed by atoms with Gasteiger partial charge in [-0.15, -0.1) is 11.3 Å². The van der Waals surface area contributed by atoms with Crippen LogP contribution in [0.3, 0.4) is 0 Å². The van der Waals surface area contributed by atoms with Crippen LogP contribution in [0.5, 0.6) is 0 Å². The van der Waals surface area contributed by atoms with Crippen LogP contribution in [0.15, 0.2) is 72.5 Å². The topological polar surface area (TPSA) is 171 Å². The maximum Gasteiger partial charge on any atom is 0.329 e. The highest BCUT2D eigenvalue weighted by Crippen LogP contribution is 2.39. The van der Waals surface area contributed by atoms with E-state index in [2.05, 4.69) is 54.9 Å². The molecule has 16 nitrogen and oxygen atoms in total. The maximum absolute atomic E-state index is 16.0. The maximum atomic E-state index is 16.0. The highest BCUT2D eigenvalue weighted by molar-refractivity contribution is 7.13. The number of nitrogens with zero attached hydrogens (tertiary/aromatic N) is 9. The number of anilines is 2. The molecule has 1 unspecified atom stereocenters. The molecule has 0 spiro atoms. The summed E-state index contributed by atoms with van der Waals surface area (Å²) >= 11 is 1.28. The lowest BCUT2D eigenvalue weighted by Crippen LogP contribution is -2.49. The Morgan fingerprint density at radius 2 is 1.64 bits per heavy atom. The van der Waals surface area contributed by atoms with Crippen molar-refractivity contribution in [3.8, 4) is 11.1 Å². The number of rotatable bonds is 10. The van der Waals surface area contributed by atoms with Gasteiger partial charge in [-0.1, -0.05) is 30.3 Å². The number of hydrogen-bond donors (Lipinski definition) is 2. The Balaban J connectivity index is 0.690. The quantitative estimate of drug-likeness (QED) is 0.159. The van der Waals surface area contributed by atoms with Crippen LogP contribution in [-0.4, -0.2) is 108 Å². The van der Waals surface area contributed by atoms with Gasteiger partial charge in [0.2, 0.25) is 11.8 Å². The fourth-order valence-corrected chi connectivity index (χ4v) is 11.3. The van der Waals surface area contributed by atoms with Crippen LogP contribution in [0, 0.1) is 5.82 Å². The average Bonchev–Trinajstić information content (AvgIpc) is 4.20. The minimum atomic E-state index is -1.05. The lowest BCUT2D eigenvalue weighted by atomic mass is 9.88. The van der Waals surface area contributed by atoms with Crippen molar-refractivity contribution in [3.05, 3.63) is 112 Å². The van der Waals surface area contributed by atoms with E-state index >= 15 is 4.39 Å². The number of imide groups is 1. The zero-order valence-corrected chi connectivity index (χ0v) is 37.9. The Morgan fingerprint density at radius 3 is 2.40 bits per heavy atom. The zero-order valence-electron chi connectivity index (χ0n) is 37.1.